The quantitative estimate of drug-likeness (QED) is 0.852. The normalized spacial score (nSPS) is 24.8. The Morgan fingerprint density at radius 2 is 2.17 bits per heavy atom. The van der Waals surface area contributed by atoms with Gasteiger partial charge in [0.05, 0.1) is 0 Å². The standard InChI is InChI=1S/C13H23N5/c1-4-14-12-8-13(16-9-15-12)17-11-5-6-18(3)10(2)7-11/h8-11H,4-7H2,1-3H3,(H2,14,15,16,17). The number of piperidine rings is 1. The molecule has 2 unspecified atom stereocenters. The van der Waals surface area contributed by atoms with E-state index in [1.807, 2.05) is 6.07 Å². The SMILES string of the molecule is CCNc1cc(NC2CCN(C)C(C)C2)ncn1. The van der Waals surface area contributed by atoms with Gasteiger partial charge in [0.2, 0.25) is 0 Å². The zero-order valence-electron chi connectivity index (χ0n) is 11.5. The van der Waals surface area contributed by atoms with Crippen molar-refractivity contribution >= 4 is 11.6 Å². The molecule has 2 rings (SSSR count). The van der Waals surface area contributed by atoms with Gasteiger partial charge in [0.25, 0.3) is 0 Å². The highest BCUT2D eigenvalue weighted by Gasteiger charge is 2.22. The van der Waals surface area contributed by atoms with Crippen molar-refractivity contribution in [2.75, 3.05) is 30.8 Å². The lowest BCUT2D eigenvalue weighted by molar-refractivity contribution is 0.190. The Labute approximate surface area is 109 Å². The fourth-order valence-electron chi connectivity index (χ4n) is 2.34. The van der Waals surface area contributed by atoms with E-state index in [4.69, 9.17) is 0 Å². The number of hydrogen-bond acceptors (Lipinski definition) is 5. The Morgan fingerprint density at radius 3 is 2.89 bits per heavy atom. The van der Waals surface area contributed by atoms with Crippen molar-refractivity contribution in [2.24, 2.45) is 0 Å². The molecule has 1 aliphatic heterocycles. The summed E-state index contributed by atoms with van der Waals surface area (Å²) in [4.78, 5) is 10.9. The molecule has 18 heavy (non-hydrogen) atoms. The van der Waals surface area contributed by atoms with E-state index in [0.29, 0.717) is 12.1 Å². The summed E-state index contributed by atoms with van der Waals surface area (Å²) in [6.45, 7) is 6.36. The molecule has 0 radical (unpaired) electrons. The van der Waals surface area contributed by atoms with Crippen LogP contribution in [0, 0.1) is 0 Å². The van der Waals surface area contributed by atoms with E-state index in [1.54, 1.807) is 6.33 Å². The molecule has 0 bridgehead atoms. The van der Waals surface area contributed by atoms with E-state index in [2.05, 4.69) is 46.4 Å². The van der Waals surface area contributed by atoms with E-state index in [9.17, 15) is 0 Å². The summed E-state index contributed by atoms with van der Waals surface area (Å²) in [6.07, 6.45) is 3.94. The first kappa shape index (κ1) is 13.1. The first-order valence-corrected chi connectivity index (χ1v) is 6.71. The first-order chi connectivity index (χ1) is 8.69. The monoisotopic (exact) mass is 249 g/mol. The molecule has 100 valence electrons. The molecule has 5 nitrogen and oxygen atoms in total. The fourth-order valence-corrected chi connectivity index (χ4v) is 2.34. The second-order valence-electron chi connectivity index (χ2n) is 5.01. The van der Waals surface area contributed by atoms with Crippen molar-refractivity contribution in [3.63, 3.8) is 0 Å². The average Bonchev–Trinajstić information content (AvgIpc) is 2.35. The van der Waals surface area contributed by atoms with Crippen LogP contribution in [0.25, 0.3) is 0 Å². The minimum atomic E-state index is 0.514. The van der Waals surface area contributed by atoms with Crippen LogP contribution in [0.5, 0.6) is 0 Å². The van der Waals surface area contributed by atoms with Gasteiger partial charge in [0, 0.05) is 31.2 Å². The smallest absolute Gasteiger partial charge is 0.131 e. The van der Waals surface area contributed by atoms with E-state index in [0.717, 1.165) is 31.1 Å². The van der Waals surface area contributed by atoms with Crippen LogP contribution in [-0.2, 0) is 0 Å². The van der Waals surface area contributed by atoms with Crippen LogP contribution in [0.15, 0.2) is 12.4 Å². The molecule has 5 heteroatoms. The van der Waals surface area contributed by atoms with Crippen LogP contribution in [0.4, 0.5) is 11.6 Å². The molecule has 0 aliphatic carbocycles. The van der Waals surface area contributed by atoms with E-state index in [1.165, 1.54) is 6.42 Å². The van der Waals surface area contributed by atoms with Crippen LogP contribution >= 0.6 is 0 Å². The fraction of sp³-hybridized carbons (Fsp3) is 0.692. The summed E-state index contributed by atoms with van der Waals surface area (Å²) in [5, 5.41) is 6.71. The third-order valence-electron chi connectivity index (χ3n) is 3.59. The number of nitrogens with zero attached hydrogens (tertiary/aromatic N) is 3. The van der Waals surface area contributed by atoms with Crippen molar-refractivity contribution in [2.45, 2.75) is 38.8 Å². The molecule has 2 N–H and O–H groups in total. The van der Waals surface area contributed by atoms with Gasteiger partial charge in [0.1, 0.15) is 18.0 Å². The Bertz CT molecular complexity index is 381. The van der Waals surface area contributed by atoms with Crippen molar-refractivity contribution < 1.29 is 0 Å². The molecule has 2 atom stereocenters. The average molecular weight is 249 g/mol. The summed E-state index contributed by atoms with van der Waals surface area (Å²) in [6, 6.07) is 3.12. The molecular weight excluding hydrogens is 226 g/mol. The van der Waals surface area contributed by atoms with Crippen LogP contribution < -0.4 is 10.6 Å². The van der Waals surface area contributed by atoms with Crippen molar-refractivity contribution in [3.8, 4) is 0 Å². The lowest BCUT2D eigenvalue weighted by atomic mass is 9.99. The minimum Gasteiger partial charge on any atom is -0.370 e. The second kappa shape index (κ2) is 6.00. The van der Waals surface area contributed by atoms with Gasteiger partial charge < -0.3 is 15.5 Å². The van der Waals surface area contributed by atoms with Crippen molar-refractivity contribution in [3.05, 3.63) is 12.4 Å². The summed E-state index contributed by atoms with van der Waals surface area (Å²) in [5.74, 6) is 1.80. The van der Waals surface area contributed by atoms with Gasteiger partial charge in [-0.05, 0) is 33.7 Å². The Hall–Kier alpha value is -1.36. The van der Waals surface area contributed by atoms with Gasteiger partial charge in [-0.3, -0.25) is 0 Å². The van der Waals surface area contributed by atoms with Gasteiger partial charge in [-0.2, -0.15) is 0 Å². The number of aromatic nitrogens is 2. The number of anilines is 2. The third-order valence-corrected chi connectivity index (χ3v) is 3.59. The second-order valence-corrected chi connectivity index (χ2v) is 5.01. The van der Waals surface area contributed by atoms with Crippen molar-refractivity contribution in [1.29, 1.82) is 0 Å². The Kier molecular flexibility index (Phi) is 4.36. The summed E-state index contributed by atoms with van der Waals surface area (Å²) in [5.41, 5.74) is 0. The molecule has 0 spiro atoms. The maximum atomic E-state index is 4.28. The highest BCUT2D eigenvalue weighted by atomic mass is 15.2. The summed E-state index contributed by atoms with van der Waals surface area (Å²) in [7, 11) is 2.19. The number of nitrogens with one attached hydrogen (secondary N) is 2. The Balaban J connectivity index is 1.94. The van der Waals surface area contributed by atoms with Gasteiger partial charge in [-0.1, -0.05) is 0 Å². The number of hydrogen-bond donors (Lipinski definition) is 2. The molecule has 1 saturated heterocycles. The molecule has 0 aromatic carbocycles. The largest absolute Gasteiger partial charge is 0.370 e. The molecule has 1 aromatic rings. The topological polar surface area (TPSA) is 53.1 Å². The van der Waals surface area contributed by atoms with Crippen LogP contribution in [0.1, 0.15) is 26.7 Å². The van der Waals surface area contributed by atoms with Gasteiger partial charge in [-0.15, -0.1) is 0 Å². The maximum absolute atomic E-state index is 4.28. The molecule has 0 saturated carbocycles. The van der Waals surface area contributed by atoms with Gasteiger partial charge >= 0.3 is 0 Å². The predicted molar refractivity (Wildman–Crippen MR) is 74.9 cm³/mol. The molecule has 2 heterocycles. The molecular formula is C13H23N5. The molecule has 1 aromatic heterocycles. The van der Waals surface area contributed by atoms with E-state index in [-0.39, 0.29) is 0 Å². The maximum Gasteiger partial charge on any atom is 0.131 e. The van der Waals surface area contributed by atoms with Gasteiger partial charge in [0.15, 0.2) is 0 Å². The highest BCUT2D eigenvalue weighted by Crippen LogP contribution is 2.19. The zero-order valence-corrected chi connectivity index (χ0v) is 11.5. The predicted octanol–water partition coefficient (Wildman–Crippen LogP) is 1.80. The highest BCUT2D eigenvalue weighted by molar-refractivity contribution is 5.46. The summed E-state index contributed by atoms with van der Waals surface area (Å²) >= 11 is 0. The number of likely N-dealkylation sites (tertiary alicyclic amines) is 1. The van der Waals surface area contributed by atoms with Crippen LogP contribution in [0.3, 0.4) is 0 Å². The van der Waals surface area contributed by atoms with Crippen LogP contribution in [-0.4, -0.2) is 47.1 Å². The number of rotatable bonds is 4. The minimum absolute atomic E-state index is 0.514. The van der Waals surface area contributed by atoms with E-state index < -0.39 is 0 Å². The van der Waals surface area contributed by atoms with E-state index >= 15 is 0 Å². The van der Waals surface area contributed by atoms with Gasteiger partial charge in [-0.25, -0.2) is 9.97 Å². The molecule has 1 aliphatic rings. The van der Waals surface area contributed by atoms with Crippen LogP contribution in [0.2, 0.25) is 0 Å². The lowest BCUT2D eigenvalue weighted by Gasteiger charge is -2.35. The lowest BCUT2D eigenvalue weighted by Crippen LogP contribution is -2.42. The third kappa shape index (κ3) is 3.32. The molecule has 1 fully saturated rings. The molecule has 0 amide bonds. The first-order valence-electron chi connectivity index (χ1n) is 6.71. The van der Waals surface area contributed by atoms with Crippen molar-refractivity contribution in [1.82, 2.24) is 14.9 Å². The summed E-state index contributed by atoms with van der Waals surface area (Å²) < 4.78 is 0. The Morgan fingerprint density at radius 1 is 1.39 bits per heavy atom. The zero-order chi connectivity index (χ0) is 13.0.